The highest BCUT2D eigenvalue weighted by molar-refractivity contribution is 8.15. The number of thioether (sulfide) groups is 1. The van der Waals surface area contributed by atoms with Gasteiger partial charge in [0, 0.05) is 12.1 Å². The molecule has 1 N–H and O–H groups in total. The van der Waals surface area contributed by atoms with Crippen LogP contribution in [-0.2, 0) is 17.4 Å². The maximum absolute atomic E-state index is 12.8. The van der Waals surface area contributed by atoms with Gasteiger partial charge in [-0.2, -0.15) is 18.2 Å². The first-order chi connectivity index (χ1) is 21.5. The second-order valence-electron chi connectivity index (χ2n) is 11.1. The average molecular weight is 651 g/mol. The van der Waals surface area contributed by atoms with E-state index in [-0.39, 0.29) is 11.8 Å². The molecule has 7 nitrogen and oxygen atoms in total. The number of halogens is 3. The second-order valence-corrected chi connectivity index (χ2v) is 12.4. The summed E-state index contributed by atoms with van der Waals surface area (Å²) in [6, 6.07) is 18.9. The van der Waals surface area contributed by atoms with Crippen molar-refractivity contribution in [1.29, 1.82) is 0 Å². The van der Waals surface area contributed by atoms with Crippen LogP contribution in [0.2, 0.25) is 0 Å². The van der Waals surface area contributed by atoms with Gasteiger partial charge in [0.15, 0.2) is 16.1 Å². The first-order valence-electron chi connectivity index (χ1n) is 14.6. The van der Waals surface area contributed by atoms with Gasteiger partial charge >= 0.3 is 6.18 Å². The number of benzene rings is 3. The zero-order chi connectivity index (χ0) is 32.1. The molecule has 1 aliphatic heterocycles. The van der Waals surface area contributed by atoms with Crippen LogP contribution in [0, 0.1) is 6.92 Å². The van der Waals surface area contributed by atoms with E-state index in [1.807, 2.05) is 37.3 Å². The lowest BCUT2D eigenvalue weighted by molar-refractivity contribution is -0.137. The minimum absolute atomic E-state index is 0.00310. The lowest BCUT2D eigenvalue weighted by Gasteiger charge is -2.22. The number of rotatable bonds is 9. The zero-order valence-corrected chi connectivity index (χ0v) is 26.8. The Kier molecular flexibility index (Phi) is 10.0. The van der Waals surface area contributed by atoms with Gasteiger partial charge in [0.05, 0.1) is 22.7 Å². The fourth-order valence-electron chi connectivity index (χ4n) is 4.94. The molecule has 45 heavy (non-hydrogen) atoms. The number of amidine groups is 1. The summed E-state index contributed by atoms with van der Waals surface area (Å²) >= 11 is 6.89. The molecule has 12 heteroatoms. The number of anilines is 1. The quantitative estimate of drug-likeness (QED) is 0.148. The molecule has 1 fully saturated rings. The van der Waals surface area contributed by atoms with E-state index >= 15 is 0 Å². The third-order valence-corrected chi connectivity index (χ3v) is 8.50. The summed E-state index contributed by atoms with van der Waals surface area (Å²) in [5.41, 5.74) is 4.82. The van der Waals surface area contributed by atoms with Gasteiger partial charge in [0.25, 0.3) is 0 Å². The van der Waals surface area contributed by atoms with Crippen molar-refractivity contribution < 1.29 is 18.0 Å². The number of hydrogen-bond donors (Lipinski definition) is 1. The highest BCUT2D eigenvalue weighted by atomic mass is 32.2. The molecule has 0 aliphatic carbocycles. The van der Waals surface area contributed by atoms with E-state index in [0.29, 0.717) is 34.1 Å². The van der Waals surface area contributed by atoms with Gasteiger partial charge in [0.1, 0.15) is 6.33 Å². The van der Waals surface area contributed by atoms with Gasteiger partial charge in [-0.1, -0.05) is 62.0 Å². The fourth-order valence-corrected chi connectivity index (χ4v) is 6.05. The summed E-state index contributed by atoms with van der Waals surface area (Å²) in [5.74, 6) is 1.09. The van der Waals surface area contributed by atoms with E-state index in [2.05, 4.69) is 46.4 Å². The molecule has 0 atom stereocenters. The Balaban J connectivity index is 1.10. The van der Waals surface area contributed by atoms with Crippen molar-refractivity contribution in [3.8, 4) is 17.1 Å². The van der Waals surface area contributed by atoms with Crippen LogP contribution < -0.4 is 10.2 Å². The molecule has 0 spiro atoms. The lowest BCUT2D eigenvalue weighted by atomic mass is 9.99. The first-order valence-corrected chi connectivity index (χ1v) is 16.0. The Hall–Kier alpha value is -4.03. The number of thiocarbonyl (C=S) groups is 1. The number of alkyl halides is 3. The number of hydrogen-bond acceptors (Lipinski definition) is 5. The van der Waals surface area contributed by atoms with E-state index in [9.17, 15) is 18.0 Å². The Morgan fingerprint density at radius 1 is 1.07 bits per heavy atom. The van der Waals surface area contributed by atoms with E-state index in [1.165, 1.54) is 40.5 Å². The van der Waals surface area contributed by atoms with Crippen molar-refractivity contribution >= 4 is 45.9 Å². The van der Waals surface area contributed by atoms with E-state index in [4.69, 9.17) is 12.2 Å². The molecule has 2 heterocycles. The fraction of sp³-hybridized carbons (Fsp3) is 0.303. The predicted molar refractivity (Wildman–Crippen MR) is 178 cm³/mol. The van der Waals surface area contributed by atoms with Crippen LogP contribution in [0.25, 0.3) is 17.1 Å². The Morgan fingerprint density at radius 2 is 1.80 bits per heavy atom. The van der Waals surface area contributed by atoms with Crippen molar-refractivity contribution in [3.05, 3.63) is 95.3 Å². The summed E-state index contributed by atoms with van der Waals surface area (Å²) < 4.78 is 40.0. The average Bonchev–Trinajstić information content (AvgIpc) is 3.64. The molecular weight excluding hydrogens is 618 g/mol. The molecule has 1 aromatic heterocycles. The highest BCUT2D eigenvalue weighted by Gasteiger charge is 2.32. The summed E-state index contributed by atoms with van der Waals surface area (Å²) in [5, 5.41) is 8.59. The standard InChI is InChI=1S/C33H33F3N6OS2/c1-21(2)27-16-7-22(3)18-28(27)42-29(43)19-45-32(42)39-31(44)37-17-5-4-6-23-8-10-24(11-9-23)30-38-20-41(40-30)26-14-12-25(13-15-26)33(34,35)36/h7-16,18,20-21H,4-6,17,19H2,1-3H3,(H,37,44). The number of unbranched alkanes of at least 4 members (excludes halogenated alkanes) is 1. The molecule has 0 unspecified atom stereocenters. The number of aryl methyl sites for hydroxylation is 2. The van der Waals surface area contributed by atoms with Gasteiger partial charge in [-0.05, 0) is 91.3 Å². The second kappa shape index (κ2) is 13.9. The minimum Gasteiger partial charge on any atom is -0.361 e. The van der Waals surface area contributed by atoms with Crippen molar-refractivity contribution in [3.63, 3.8) is 0 Å². The number of nitrogens with zero attached hydrogens (tertiary/aromatic N) is 5. The van der Waals surface area contributed by atoms with E-state index in [0.717, 1.165) is 53.8 Å². The smallest absolute Gasteiger partial charge is 0.361 e. The monoisotopic (exact) mass is 650 g/mol. The van der Waals surface area contributed by atoms with E-state index < -0.39 is 11.7 Å². The maximum Gasteiger partial charge on any atom is 0.416 e. The number of aliphatic imine (C=N–C) groups is 1. The molecule has 1 aliphatic rings. The van der Waals surface area contributed by atoms with Gasteiger partial charge in [-0.3, -0.25) is 9.69 Å². The van der Waals surface area contributed by atoms with Crippen LogP contribution in [0.4, 0.5) is 18.9 Å². The highest BCUT2D eigenvalue weighted by Crippen LogP contribution is 2.34. The van der Waals surface area contributed by atoms with Crippen LogP contribution in [0.15, 0.2) is 78.0 Å². The molecule has 4 aromatic rings. The van der Waals surface area contributed by atoms with Crippen molar-refractivity contribution in [2.45, 2.75) is 52.1 Å². The summed E-state index contributed by atoms with van der Waals surface area (Å²) in [4.78, 5) is 23.4. The van der Waals surface area contributed by atoms with Crippen LogP contribution in [-0.4, -0.2) is 43.2 Å². The van der Waals surface area contributed by atoms with Crippen LogP contribution in [0.1, 0.15) is 54.9 Å². The molecule has 1 saturated heterocycles. The van der Waals surface area contributed by atoms with Crippen LogP contribution >= 0.6 is 24.0 Å². The number of carbonyl (C=O) groups excluding carboxylic acids is 1. The van der Waals surface area contributed by atoms with Crippen molar-refractivity contribution in [1.82, 2.24) is 20.1 Å². The molecule has 5 rings (SSSR count). The maximum atomic E-state index is 12.8. The molecule has 3 aromatic carbocycles. The number of aromatic nitrogens is 3. The van der Waals surface area contributed by atoms with Crippen LogP contribution in [0.3, 0.4) is 0 Å². The SMILES string of the molecule is Cc1ccc(C(C)C)c(N2C(=O)CSC2=NC(=S)NCCCCc2ccc(-c3ncn(-c4ccc(C(F)(F)F)cc4)n3)cc2)c1. The lowest BCUT2D eigenvalue weighted by Crippen LogP contribution is -2.32. The number of carbonyl (C=O) groups is 1. The number of amides is 1. The molecule has 0 bridgehead atoms. The Bertz CT molecular complexity index is 1700. The van der Waals surface area contributed by atoms with Gasteiger partial charge in [-0.15, -0.1) is 5.10 Å². The molecular formula is C33H33F3N6OS2. The predicted octanol–water partition coefficient (Wildman–Crippen LogP) is 7.72. The number of nitrogens with one attached hydrogen (secondary N) is 1. The van der Waals surface area contributed by atoms with Gasteiger partial charge in [-0.25, -0.2) is 9.67 Å². The van der Waals surface area contributed by atoms with Crippen molar-refractivity contribution in [2.75, 3.05) is 17.2 Å². The third-order valence-electron chi connectivity index (χ3n) is 7.34. The molecule has 0 radical (unpaired) electrons. The van der Waals surface area contributed by atoms with Crippen molar-refractivity contribution in [2.24, 2.45) is 4.99 Å². The van der Waals surface area contributed by atoms with Gasteiger partial charge < -0.3 is 5.32 Å². The molecule has 0 saturated carbocycles. The Labute approximate surface area is 270 Å². The molecule has 234 valence electrons. The minimum atomic E-state index is -4.38. The van der Waals surface area contributed by atoms with E-state index in [1.54, 1.807) is 4.90 Å². The summed E-state index contributed by atoms with van der Waals surface area (Å²) in [7, 11) is 0. The Morgan fingerprint density at radius 3 is 2.49 bits per heavy atom. The largest absolute Gasteiger partial charge is 0.416 e. The summed E-state index contributed by atoms with van der Waals surface area (Å²) in [6.07, 6.45) is -0.198. The topological polar surface area (TPSA) is 75.4 Å². The first kappa shape index (κ1) is 32.4. The normalized spacial score (nSPS) is 14.5. The third kappa shape index (κ3) is 7.98. The zero-order valence-electron chi connectivity index (χ0n) is 25.1. The van der Waals surface area contributed by atoms with Crippen LogP contribution in [0.5, 0.6) is 0 Å². The summed E-state index contributed by atoms with van der Waals surface area (Å²) in [6.45, 7) is 6.90. The molecule has 1 amide bonds. The van der Waals surface area contributed by atoms with Gasteiger partial charge in [0.2, 0.25) is 5.91 Å².